The van der Waals surface area contributed by atoms with Gasteiger partial charge >= 0.3 is 0 Å². The third kappa shape index (κ3) is 2.58. The average molecular weight is 537 g/mol. The van der Waals surface area contributed by atoms with Crippen molar-refractivity contribution in [1.29, 1.82) is 5.26 Å². The second kappa shape index (κ2) is 7.62. The van der Waals surface area contributed by atoms with Gasteiger partial charge in [0.05, 0.1) is 39.0 Å². The summed E-state index contributed by atoms with van der Waals surface area (Å²) in [4.78, 5) is 9.89. The standard InChI is InChI=1S/C36H20N6/c37-19-28-33-27(12-7-15-38-33)39-36(40-28)42-30-14-6-4-11-23(30)25-18-24-22-10-3-5-13-29(22)41-31-17-21-9-2-1-8-20(21)16-26(31)32(34(24)41)35(25)42/h1-14,16-18,38H,15H2. The lowest BCUT2D eigenvalue weighted by Crippen LogP contribution is -2.13. The van der Waals surface area contributed by atoms with E-state index in [2.05, 4.69) is 111 Å². The molecule has 0 aliphatic carbocycles. The third-order valence-corrected chi connectivity index (χ3v) is 8.87. The number of aromatic nitrogens is 4. The number of hydrogen-bond acceptors (Lipinski definition) is 4. The molecule has 0 fully saturated rings. The fourth-order valence-corrected chi connectivity index (χ4v) is 7.17. The van der Waals surface area contributed by atoms with E-state index in [9.17, 15) is 5.26 Å². The maximum Gasteiger partial charge on any atom is 0.236 e. The summed E-state index contributed by atoms with van der Waals surface area (Å²) >= 11 is 0. The molecule has 10 rings (SSSR count). The minimum atomic E-state index is 0.350. The fraction of sp³-hybridized carbons (Fsp3) is 0.0278. The average Bonchev–Trinajstić information content (AvgIpc) is 3.67. The van der Waals surface area contributed by atoms with E-state index in [1.807, 2.05) is 12.2 Å². The van der Waals surface area contributed by atoms with E-state index in [0.29, 0.717) is 23.9 Å². The van der Waals surface area contributed by atoms with Crippen molar-refractivity contribution in [2.24, 2.45) is 0 Å². The maximum atomic E-state index is 10.1. The number of hydrogen-bond donors (Lipinski definition) is 1. The molecule has 6 heteroatoms. The summed E-state index contributed by atoms with van der Waals surface area (Å²) in [5.74, 6) is 0.498. The van der Waals surface area contributed by atoms with Crippen LogP contribution in [-0.2, 0) is 0 Å². The lowest BCUT2D eigenvalue weighted by molar-refractivity contribution is 0.970. The van der Waals surface area contributed by atoms with Gasteiger partial charge < -0.3 is 9.72 Å². The number of fused-ring (bicyclic) bond motifs is 12. The normalized spacial score (nSPS) is 13.2. The van der Waals surface area contributed by atoms with Gasteiger partial charge in [-0.25, -0.2) is 4.98 Å². The Kier molecular flexibility index (Phi) is 3.96. The molecule has 0 bridgehead atoms. The van der Waals surface area contributed by atoms with E-state index in [1.54, 1.807) is 0 Å². The van der Waals surface area contributed by atoms with Gasteiger partial charge in [-0.2, -0.15) is 10.2 Å². The Morgan fingerprint density at radius 3 is 2.24 bits per heavy atom. The molecule has 4 aromatic heterocycles. The highest BCUT2D eigenvalue weighted by Crippen LogP contribution is 2.47. The van der Waals surface area contributed by atoms with Crippen molar-refractivity contribution in [2.75, 3.05) is 11.9 Å². The number of rotatable bonds is 1. The van der Waals surface area contributed by atoms with Crippen LogP contribution in [0.25, 0.3) is 82.7 Å². The molecule has 0 saturated carbocycles. The topological polar surface area (TPSA) is 70.9 Å². The van der Waals surface area contributed by atoms with Crippen molar-refractivity contribution >= 4 is 82.4 Å². The van der Waals surface area contributed by atoms with Crippen molar-refractivity contribution in [1.82, 2.24) is 18.9 Å². The van der Waals surface area contributed by atoms with E-state index in [0.717, 1.165) is 27.5 Å². The second-order valence-corrected chi connectivity index (χ2v) is 11.0. The number of nitrogens with one attached hydrogen (secondary N) is 1. The van der Waals surface area contributed by atoms with Crippen LogP contribution in [0.5, 0.6) is 0 Å². The number of nitriles is 1. The predicted octanol–water partition coefficient (Wildman–Crippen LogP) is 8.19. The fourth-order valence-electron chi connectivity index (χ4n) is 7.17. The summed E-state index contributed by atoms with van der Waals surface area (Å²) in [6.45, 7) is 0.650. The Bertz CT molecular complexity index is 2700. The molecule has 5 heterocycles. The van der Waals surface area contributed by atoms with Crippen molar-refractivity contribution in [3.05, 3.63) is 108 Å². The number of nitrogens with zero attached hydrogens (tertiary/aromatic N) is 5. The molecule has 0 unspecified atom stereocenters. The molecule has 1 N–H and O–H groups in total. The Balaban J connectivity index is 1.51. The molecule has 6 nitrogen and oxygen atoms in total. The lowest BCUT2D eigenvalue weighted by Gasteiger charge is -2.15. The van der Waals surface area contributed by atoms with Gasteiger partial charge in [-0.05, 0) is 47.2 Å². The third-order valence-electron chi connectivity index (χ3n) is 8.87. The molecule has 0 saturated heterocycles. The van der Waals surface area contributed by atoms with Crippen LogP contribution in [0.15, 0.2) is 97.1 Å². The molecule has 42 heavy (non-hydrogen) atoms. The van der Waals surface area contributed by atoms with Gasteiger partial charge in [0, 0.05) is 38.9 Å². The van der Waals surface area contributed by atoms with E-state index in [-0.39, 0.29) is 0 Å². The molecule has 1 aliphatic rings. The monoisotopic (exact) mass is 536 g/mol. The van der Waals surface area contributed by atoms with E-state index in [1.165, 1.54) is 48.9 Å². The van der Waals surface area contributed by atoms with Crippen LogP contribution in [-0.4, -0.2) is 25.5 Å². The summed E-state index contributed by atoms with van der Waals surface area (Å²) in [6.07, 6.45) is 4.00. The number of benzene rings is 5. The van der Waals surface area contributed by atoms with Gasteiger partial charge in [0.15, 0.2) is 5.69 Å². The van der Waals surface area contributed by atoms with Gasteiger partial charge in [-0.15, -0.1) is 0 Å². The maximum absolute atomic E-state index is 10.1. The van der Waals surface area contributed by atoms with Crippen LogP contribution in [0.3, 0.4) is 0 Å². The number of para-hydroxylation sites is 2. The van der Waals surface area contributed by atoms with E-state index >= 15 is 0 Å². The van der Waals surface area contributed by atoms with Crippen LogP contribution in [0, 0.1) is 11.3 Å². The summed E-state index contributed by atoms with van der Waals surface area (Å²) in [5, 5.41) is 22.9. The summed E-state index contributed by atoms with van der Waals surface area (Å²) < 4.78 is 4.58. The molecule has 9 aromatic rings. The van der Waals surface area contributed by atoms with Gasteiger partial charge in [0.2, 0.25) is 5.95 Å². The molecule has 5 aromatic carbocycles. The van der Waals surface area contributed by atoms with Crippen LogP contribution in [0.4, 0.5) is 5.69 Å². The van der Waals surface area contributed by atoms with Crippen molar-refractivity contribution < 1.29 is 0 Å². The molecule has 0 spiro atoms. The first-order valence-electron chi connectivity index (χ1n) is 14.1. The SMILES string of the molecule is N#Cc1nc(-n2c3ccccc3c3cc4c5ccccc5n5c6cc7ccccc7cc6c(c32)c45)nc2c1NCC=C2. The molecular weight excluding hydrogens is 516 g/mol. The summed E-state index contributed by atoms with van der Waals surface area (Å²) in [7, 11) is 0. The Morgan fingerprint density at radius 1 is 0.690 bits per heavy atom. The van der Waals surface area contributed by atoms with Crippen LogP contribution >= 0.6 is 0 Å². The molecule has 194 valence electrons. The highest BCUT2D eigenvalue weighted by Gasteiger charge is 2.26. The first-order chi connectivity index (χ1) is 20.8. The predicted molar refractivity (Wildman–Crippen MR) is 171 cm³/mol. The van der Waals surface area contributed by atoms with Gasteiger partial charge in [0.1, 0.15) is 6.07 Å². The largest absolute Gasteiger partial charge is 0.377 e. The zero-order valence-electron chi connectivity index (χ0n) is 22.3. The lowest BCUT2D eigenvalue weighted by atomic mass is 10.0. The van der Waals surface area contributed by atoms with Crippen molar-refractivity contribution in [2.45, 2.75) is 0 Å². The van der Waals surface area contributed by atoms with Crippen molar-refractivity contribution in [3.63, 3.8) is 0 Å². The minimum Gasteiger partial charge on any atom is -0.377 e. The summed E-state index contributed by atoms with van der Waals surface area (Å²) in [6, 6.07) is 34.9. The zero-order chi connectivity index (χ0) is 27.5. The van der Waals surface area contributed by atoms with Crippen molar-refractivity contribution in [3.8, 4) is 12.0 Å². The Hall–Kier alpha value is -5.93. The highest BCUT2D eigenvalue weighted by atomic mass is 15.2. The van der Waals surface area contributed by atoms with Crippen LogP contribution < -0.4 is 5.32 Å². The van der Waals surface area contributed by atoms with E-state index < -0.39 is 0 Å². The Morgan fingerprint density at radius 2 is 1.40 bits per heavy atom. The zero-order valence-corrected chi connectivity index (χ0v) is 22.3. The molecule has 0 atom stereocenters. The molecule has 0 radical (unpaired) electrons. The van der Waals surface area contributed by atoms with Gasteiger partial charge in [-0.3, -0.25) is 4.57 Å². The molecular formula is C36H20N6. The van der Waals surface area contributed by atoms with Gasteiger partial charge in [0.25, 0.3) is 0 Å². The first-order valence-corrected chi connectivity index (χ1v) is 14.1. The van der Waals surface area contributed by atoms with E-state index in [4.69, 9.17) is 9.97 Å². The quantitative estimate of drug-likeness (QED) is 0.230. The Labute approximate surface area is 238 Å². The number of anilines is 1. The second-order valence-electron chi connectivity index (χ2n) is 11.0. The highest BCUT2D eigenvalue weighted by molar-refractivity contribution is 6.34. The van der Waals surface area contributed by atoms with Crippen LogP contribution in [0.2, 0.25) is 0 Å². The molecule has 0 amide bonds. The smallest absolute Gasteiger partial charge is 0.236 e. The first kappa shape index (κ1) is 21.8. The summed E-state index contributed by atoms with van der Waals surface area (Å²) in [5.41, 5.74) is 7.40. The minimum absolute atomic E-state index is 0.350. The molecule has 1 aliphatic heterocycles. The van der Waals surface area contributed by atoms with Gasteiger partial charge in [-0.1, -0.05) is 66.7 Å². The van der Waals surface area contributed by atoms with Crippen LogP contribution in [0.1, 0.15) is 11.4 Å².